The number of hydrogen-bond acceptors (Lipinski definition) is 3. The Hall–Kier alpha value is -1.10. The largest absolute Gasteiger partial charge is 0.394 e. The molecule has 1 fully saturated rings. The zero-order valence-electron chi connectivity index (χ0n) is 10.9. The van der Waals surface area contributed by atoms with E-state index in [1.165, 1.54) is 0 Å². The number of carbonyl (C=O) groups excluding carboxylic acids is 1. The highest BCUT2D eigenvalue weighted by Crippen LogP contribution is 2.30. The van der Waals surface area contributed by atoms with Gasteiger partial charge in [-0.3, -0.25) is 4.79 Å². The number of rotatable bonds is 4. The number of halogens is 1. The van der Waals surface area contributed by atoms with Gasteiger partial charge in [0.05, 0.1) is 19.3 Å². The van der Waals surface area contributed by atoms with E-state index in [0.29, 0.717) is 23.7 Å². The summed E-state index contributed by atoms with van der Waals surface area (Å²) in [5, 5.41) is 9.87. The van der Waals surface area contributed by atoms with Crippen molar-refractivity contribution in [3.05, 3.63) is 34.9 Å². The third-order valence-corrected chi connectivity index (χ3v) is 3.78. The fraction of sp³-hybridized carbons (Fsp3) is 0.500. The Morgan fingerprint density at radius 3 is 2.89 bits per heavy atom. The molecule has 0 bridgehead atoms. The van der Waals surface area contributed by atoms with Crippen LogP contribution in [0.25, 0.3) is 0 Å². The molecule has 1 amide bonds. The maximum atomic E-state index is 12.5. The predicted octanol–water partition coefficient (Wildman–Crippen LogP) is 2.01. The van der Waals surface area contributed by atoms with Gasteiger partial charge < -0.3 is 14.7 Å². The van der Waals surface area contributed by atoms with Crippen LogP contribution in [0.5, 0.6) is 0 Å². The molecule has 1 aliphatic rings. The summed E-state index contributed by atoms with van der Waals surface area (Å²) in [5.41, 5.74) is 0.687. The molecule has 0 spiro atoms. The SMILES string of the molecule is CC[C@@H](CO)N1CCOC(c2ccccc2Cl)C1=O. The molecule has 1 saturated heterocycles. The van der Waals surface area contributed by atoms with Gasteiger partial charge in [-0.1, -0.05) is 36.7 Å². The molecule has 1 aromatic carbocycles. The highest BCUT2D eigenvalue weighted by atomic mass is 35.5. The lowest BCUT2D eigenvalue weighted by molar-refractivity contribution is -0.158. The lowest BCUT2D eigenvalue weighted by Crippen LogP contribution is -2.50. The van der Waals surface area contributed by atoms with Crippen LogP contribution in [0.4, 0.5) is 0 Å². The van der Waals surface area contributed by atoms with E-state index in [4.69, 9.17) is 16.3 Å². The van der Waals surface area contributed by atoms with Crippen LogP contribution >= 0.6 is 11.6 Å². The second-order valence-electron chi connectivity index (χ2n) is 4.55. The fourth-order valence-corrected chi connectivity index (χ4v) is 2.56. The molecule has 0 aromatic heterocycles. The third kappa shape index (κ3) is 2.91. The number of aliphatic hydroxyl groups excluding tert-OH is 1. The van der Waals surface area contributed by atoms with E-state index >= 15 is 0 Å². The fourth-order valence-electron chi connectivity index (χ4n) is 2.32. The Balaban J connectivity index is 2.23. The number of ether oxygens (including phenoxy) is 1. The van der Waals surface area contributed by atoms with Crippen molar-refractivity contribution in [1.29, 1.82) is 0 Å². The molecule has 1 N–H and O–H groups in total. The third-order valence-electron chi connectivity index (χ3n) is 3.43. The van der Waals surface area contributed by atoms with Gasteiger partial charge >= 0.3 is 0 Å². The summed E-state index contributed by atoms with van der Waals surface area (Å²) in [6.07, 6.45) is 0.0559. The summed E-state index contributed by atoms with van der Waals surface area (Å²) in [5.74, 6) is -0.125. The van der Waals surface area contributed by atoms with Crippen molar-refractivity contribution in [1.82, 2.24) is 4.90 Å². The standard InChI is InChI=1S/C14H18ClNO3/c1-2-10(9-17)16-7-8-19-13(14(16)18)11-5-3-4-6-12(11)15/h3-6,10,13,17H,2,7-9H2,1H3/t10-,13?/m0/s1. The topological polar surface area (TPSA) is 49.8 Å². The van der Waals surface area contributed by atoms with Crippen LogP contribution in [0.3, 0.4) is 0 Å². The van der Waals surface area contributed by atoms with Crippen LogP contribution in [-0.2, 0) is 9.53 Å². The maximum Gasteiger partial charge on any atom is 0.256 e. The van der Waals surface area contributed by atoms with Gasteiger partial charge in [0, 0.05) is 17.1 Å². The van der Waals surface area contributed by atoms with E-state index in [2.05, 4.69) is 0 Å². The molecule has 1 aliphatic heterocycles. The number of amides is 1. The van der Waals surface area contributed by atoms with Crippen LogP contribution in [0.1, 0.15) is 25.0 Å². The highest BCUT2D eigenvalue weighted by molar-refractivity contribution is 6.31. The summed E-state index contributed by atoms with van der Waals surface area (Å²) >= 11 is 6.12. The van der Waals surface area contributed by atoms with Crippen molar-refractivity contribution in [3.8, 4) is 0 Å². The Morgan fingerprint density at radius 1 is 1.53 bits per heavy atom. The average Bonchev–Trinajstić information content (AvgIpc) is 2.43. The molecule has 104 valence electrons. The number of aliphatic hydroxyl groups is 1. The van der Waals surface area contributed by atoms with Gasteiger partial charge in [-0.25, -0.2) is 0 Å². The van der Waals surface area contributed by atoms with Crippen molar-refractivity contribution < 1.29 is 14.6 Å². The van der Waals surface area contributed by atoms with Gasteiger partial charge in [-0.15, -0.1) is 0 Å². The Morgan fingerprint density at radius 2 is 2.26 bits per heavy atom. The molecule has 5 heteroatoms. The van der Waals surface area contributed by atoms with E-state index in [1.807, 2.05) is 19.1 Å². The molecule has 2 rings (SSSR count). The second kappa shape index (κ2) is 6.37. The molecule has 0 saturated carbocycles. The Kier molecular flexibility index (Phi) is 4.80. The van der Waals surface area contributed by atoms with Crippen molar-refractivity contribution in [2.45, 2.75) is 25.5 Å². The molecule has 2 atom stereocenters. The molecule has 1 heterocycles. The zero-order valence-corrected chi connectivity index (χ0v) is 11.6. The Bertz CT molecular complexity index is 448. The first-order valence-corrected chi connectivity index (χ1v) is 6.84. The van der Waals surface area contributed by atoms with Crippen LogP contribution in [0, 0.1) is 0 Å². The summed E-state index contributed by atoms with van der Waals surface area (Å²) < 4.78 is 5.57. The molecule has 0 aliphatic carbocycles. The molecular formula is C14H18ClNO3. The van der Waals surface area contributed by atoms with Gasteiger partial charge in [0.15, 0.2) is 6.10 Å². The minimum Gasteiger partial charge on any atom is -0.394 e. The van der Waals surface area contributed by atoms with E-state index in [1.54, 1.807) is 17.0 Å². The number of benzene rings is 1. The van der Waals surface area contributed by atoms with Gasteiger partial charge in [0.1, 0.15) is 0 Å². The van der Waals surface area contributed by atoms with Crippen molar-refractivity contribution in [2.75, 3.05) is 19.8 Å². The summed E-state index contributed by atoms with van der Waals surface area (Å²) in [4.78, 5) is 14.2. The van der Waals surface area contributed by atoms with Crippen LogP contribution in [0.15, 0.2) is 24.3 Å². The number of nitrogens with zero attached hydrogens (tertiary/aromatic N) is 1. The van der Waals surface area contributed by atoms with Crippen molar-refractivity contribution in [3.63, 3.8) is 0 Å². The number of hydrogen-bond donors (Lipinski definition) is 1. The van der Waals surface area contributed by atoms with E-state index in [0.717, 1.165) is 6.42 Å². The smallest absolute Gasteiger partial charge is 0.256 e. The normalized spacial score (nSPS) is 21.5. The second-order valence-corrected chi connectivity index (χ2v) is 4.96. The predicted molar refractivity (Wildman–Crippen MR) is 73.0 cm³/mol. The van der Waals surface area contributed by atoms with Gasteiger partial charge in [0.2, 0.25) is 0 Å². The van der Waals surface area contributed by atoms with Crippen LogP contribution < -0.4 is 0 Å². The highest BCUT2D eigenvalue weighted by Gasteiger charge is 2.34. The molecule has 0 radical (unpaired) electrons. The van der Waals surface area contributed by atoms with Crippen LogP contribution in [-0.4, -0.2) is 41.7 Å². The lowest BCUT2D eigenvalue weighted by atomic mass is 10.0. The summed E-state index contributed by atoms with van der Waals surface area (Å²) in [6, 6.07) is 7.05. The maximum absolute atomic E-state index is 12.5. The summed E-state index contributed by atoms with van der Waals surface area (Å²) in [7, 11) is 0. The van der Waals surface area contributed by atoms with Gasteiger partial charge in [-0.2, -0.15) is 0 Å². The quantitative estimate of drug-likeness (QED) is 0.920. The zero-order chi connectivity index (χ0) is 13.8. The first-order chi connectivity index (χ1) is 9.19. The number of morpholine rings is 1. The van der Waals surface area contributed by atoms with E-state index in [-0.39, 0.29) is 18.6 Å². The molecule has 4 nitrogen and oxygen atoms in total. The molecular weight excluding hydrogens is 266 g/mol. The summed E-state index contributed by atoms with van der Waals surface area (Å²) in [6.45, 7) is 2.89. The molecule has 1 unspecified atom stereocenters. The van der Waals surface area contributed by atoms with E-state index < -0.39 is 6.10 Å². The number of carbonyl (C=O) groups is 1. The van der Waals surface area contributed by atoms with Crippen molar-refractivity contribution in [2.24, 2.45) is 0 Å². The molecule has 19 heavy (non-hydrogen) atoms. The Labute approximate surface area is 117 Å². The minimum atomic E-state index is -0.664. The average molecular weight is 284 g/mol. The first kappa shape index (κ1) is 14.3. The monoisotopic (exact) mass is 283 g/mol. The van der Waals surface area contributed by atoms with Gasteiger partial charge in [0.25, 0.3) is 5.91 Å². The minimum absolute atomic E-state index is 0.0303. The van der Waals surface area contributed by atoms with Crippen LogP contribution in [0.2, 0.25) is 5.02 Å². The van der Waals surface area contributed by atoms with Crippen molar-refractivity contribution >= 4 is 17.5 Å². The lowest BCUT2D eigenvalue weighted by Gasteiger charge is -2.37. The first-order valence-electron chi connectivity index (χ1n) is 6.46. The molecule has 1 aromatic rings. The van der Waals surface area contributed by atoms with Gasteiger partial charge in [-0.05, 0) is 12.5 Å². The van der Waals surface area contributed by atoms with E-state index in [9.17, 15) is 9.90 Å².